The Morgan fingerprint density at radius 2 is 2.11 bits per heavy atom. The first kappa shape index (κ1) is 15.7. The molecule has 18 heavy (non-hydrogen) atoms. The van der Waals surface area contributed by atoms with Crippen LogP contribution >= 0.6 is 15.9 Å². The first-order chi connectivity index (χ1) is 8.61. The summed E-state index contributed by atoms with van der Waals surface area (Å²) in [6.45, 7) is 10.2. The van der Waals surface area contributed by atoms with Gasteiger partial charge in [0.25, 0.3) is 0 Å². The molecule has 0 amide bonds. The summed E-state index contributed by atoms with van der Waals surface area (Å²) in [5, 5.41) is 3.53. The van der Waals surface area contributed by atoms with Gasteiger partial charge in [-0.05, 0) is 47.8 Å². The van der Waals surface area contributed by atoms with E-state index in [4.69, 9.17) is 9.15 Å². The van der Waals surface area contributed by atoms with Crippen molar-refractivity contribution in [2.45, 2.75) is 46.3 Å². The van der Waals surface area contributed by atoms with Crippen LogP contribution in [-0.2, 0) is 4.74 Å². The number of hydrogen-bond acceptors (Lipinski definition) is 3. The van der Waals surface area contributed by atoms with E-state index in [1.54, 1.807) is 6.26 Å². The van der Waals surface area contributed by atoms with Crippen LogP contribution in [0.2, 0.25) is 0 Å². The van der Waals surface area contributed by atoms with E-state index in [9.17, 15) is 0 Å². The monoisotopic (exact) mass is 317 g/mol. The van der Waals surface area contributed by atoms with Crippen LogP contribution in [0.15, 0.2) is 21.2 Å². The summed E-state index contributed by atoms with van der Waals surface area (Å²) < 4.78 is 12.5. The van der Waals surface area contributed by atoms with Crippen molar-refractivity contribution in [2.75, 3.05) is 13.2 Å². The summed E-state index contributed by atoms with van der Waals surface area (Å²) in [5.74, 6) is 1.35. The minimum Gasteiger partial charge on any atom is -0.466 e. The SMILES string of the molecule is CCCNC(c1occc1Br)C(OCC)C(C)C. The van der Waals surface area contributed by atoms with Gasteiger partial charge in [0.1, 0.15) is 5.76 Å². The predicted octanol–water partition coefficient (Wildman–Crippen LogP) is 4.14. The molecule has 1 rings (SSSR count). The number of ether oxygens (including phenoxy) is 1. The largest absolute Gasteiger partial charge is 0.466 e. The molecule has 2 atom stereocenters. The number of furan rings is 1. The van der Waals surface area contributed by atoms with Crippen LogP contribution in [0.25, 0.3) is 0 Å². The molecular formula is C14H24BrNO2. The molecule has 1 aromatic heterocycles. The van der Waals surface area contributed by atoms with E-state index in [2.05, 4.69) is 42.0 Å². The Morgan fingerprint density at radius 3 is 2.56 bits per heavy atom. The molecule has 3 nitrogen and oxygen atoms in total. The van der Waals surface area contributed by atoms with Crippen molar-refractivity contribution >= 4 is 15.9 Å². The third-order valence-electron chi connectivity index (χ3n) is 2.89. The fraction of sp³-hybridized carbons (Fsp3) is 0.714. The Balaban J connectivity index is 2.91. The van der Waals surface area contributed by atoms with Crippen molar-refractivity contribution in [3.8, 4) is 0 Å². The second kappa shape index (κ2) is 7.97. The van der Waals surface area contributed by atoms with E-state index in [1.165, 1.54) is 0 Å². The number of hydrogen-bond donors (Lipinski definition) is 1. The van der Waals surface area contributed by atoms with Crippen molar-refractivity contribution in [1.82, 2.24) is 5.32 Å². The van der Waals surface area contributed by atoms with E-state index >= 15 is 0 Å². The molecule has 4 heteroatoms. The van der Waals surface area contributed by atoms with Gasteiger partial charge in [0.15, 0.2) is 0 Å². The molecule has 0 spiro atoms. The van der Waals surface area contributed by atoms with Crippen LogP contribution in [0.3, 0.4) is 0 Å². The number of nitrogens with one attached hydrogen (secondary N) is 1. The Labute approximate surface area is 118 Å². The fourth-order valence-electron chi connectivity index (χ4n) is 2.05. The Hall–Kier alpha value is -0.320. The van der Waals surface area contributed by atoms with Crippen LogP contribution in [0.4, 0.5) is 0 Å². The summed E-state index contributed by atoms with van der Waals surface area (Å²) in [7, 11) is 0. The van der Waals surface area contributed by atoms with Gasteiger partial charge in [0, 0.05) is 6.61 Å². The molecule has 0 aliphatic carbocycles. The highest BCUT2D eigenvalue weighted by molar-refractivity contribution is 9.10. The molecule has 0 aromatic carbocycles. The molecular weight excluding hydrogens is 294 g/mol. The lowest BCUT2D eigenvalue weighted by Gasteiger charge is -2.29. The van der Waals surface area contributed by atoms with Gasteiger partial charge in [-0.25, -0.2) is 0 Å². The molecule has 0 bridgehead atoms. The van der Waals surface area contributed by atoms with Gasteiger partial charge in [-0.1, -0.05) is 20.8 Å². The van der Waals surface area contributed by atoms with Gasteiger partial charge in [0.2, 0.25) is 0 Å². The summed E-state index contributed by atoms with van der Waals surface area (Å²) in [4.78, 5) is 0. The lowest BCUT2D eigenvalue weighted by Crippen LogP contribution is -2.37. The molecule has 0 fully saturated rings. The maximum absolute atomic E-state index is 5.90. The van der Waals surface area contributed by atoms with Crippen LogP contribution < -0.4 is 5.32 Å². The molecule has 2 unspecified atom stereocenters. The molecule has 0 radical (unpaired) electrons. The molecule has 1 aromatic rings. The third-order valence-corrected chi connectivity index (χ3v) is 3.54. The molecule has 104 valence electrons. The average molecular weight is 318 g/mol. The average Bonchev–Trinajstić information content (AvgIpc) is 2.74. The van der Waals surface area contributed by atoms with E-state index in [-0.39, 0.29) is 12.1 Å². The van der Waals surface area contributed by atoms with Crippen molar-refractivity contribution < 1.29 is 9.15 Å². The van der Waals surface area contributed by atoms with Crippen molar-refractivity contribution in [2.24, 2.45) is 5.92 Å². The Bertz CT molecular complexity index is 338. The van der Waals surface area contributed by atoms with Crippen molar-refractivity contribution in [1.29, 1.82) is 0 Å². The van der Waals surface area contributed by atoms with Crippen molar-refractivity contribution in [3.05, 3.63) is 22.6 Å². The maximum atomic E-state index is 5.90. The van der Waals surface area contributed by atoms with Gasteiger partial charge in [0.05, 0.1) is 22.9 Å². The third kappa shape index (κ3) is 4.11. The molecule has 0 saturated heterocycles. The lowest BCUT2D eigenvalue weighted by atomic mass is 9.97. The van der Waals surface area contributed by atoms with Gasteiger partial charge in [-0.15, -0.1) is 0 Å². The standard InChI is InChI=1S/C14H24BrNO2/c1-5-8-16-12(13(10(3)4)17-6-2)14-11(15)7-9-18-14/h7,9-10,12-13,16H,5-6,8H2,1-4H3. The zero-order chi connectivity index (χ0) is 13.5. The minimum atomic E-state index is 0.0919. The molecule has 0 aliphatic heterocycles. The topological polar surface area (TPSA) is 34.4 Å². The zero-order valence-electron chi connectivity index (χ0n) is 11.7. The second-order valence-corrected chi connectivity index (χ2v) is 5.58. The number of halogens is 1. The quantitative estimate of drug-likeness (QED) is 0.782. The summed E-state index contributed by atoms with van der Waals surface area (Å²) >= 11 is 3.54. The van der Waals surface area contributed by atoms with Crippen LogP contribution in [-0.4, -0.2) is 19.3 Å². The normalized spacial score (nSPS) is 15.0. The van der Waals surface area contributed by atoms with E-state index in [0.29, 0.717) is 12.5 Å². The summed E-state index contributed by atoms with van der Waals surface area (Å²) in [6, 6.07) is 2.02. The molecule has 1 heterocycles. The fourth-order valence-corrected chi connectivity index (χ4v) is 2.50. The van der Waals surface area contributed by atoms with Gasteiger partial charge < -0.3 is 14.5 Å². The smallest absolute Gasteiger partial charge is 0.137 e. The molecule has 1 N–H and O–H groups in total. The summed E-state index contributed by atoms with van der Waals surface area (Å²) in [5.41, 5.74) is 0. The number of rotatable bonds is 8. The minimum absolute atomic E-state index is 0.0919. The van der Waals surface area contributed by atoms with Crippen LogP contribution in [0.5, 0.6) is 0 Å². The van der Waals surface area contributed by atoms with E-state index in [1.807, 2.05) is 13.0 Å². The maximum Gasteiger partial charge on any atom is 0.137 e. The Morgan fingerprint density at radius 1 is 1.39 bits per heavy atom. The second-order valence-electron chi connectivity index (χ2n) is 4.73. The lowest BCUT2D eigenvalue weighted by molar-refractivity contribution is -0.00243. The van der Waals surface area contributed by atoms with Gasteiger partial charge in [-0.2, -0.15) is 0 Å². The highest BCUT2D eigenvalue weighted by atomic mass is 79.9. The predicted molar refractivity (Wildman–Crippen MR) is 77.7 cm³/mol. The van der Waals surface area contributed by atoms with Crippen LogP contribution in [0.1, 0.15) is 45.9 Å². The highest BCUT2D eigenvalue weighted by Crippen LogP contribution is 2.31. The zero-order valence-corrected chi connectivity index (χ0v) is 13.3. The van der Waals surface area contributed by atoms with E-state index < -0.39 is 0 Å². The first-order valence-electron chi connectivity index (χ1n) is 6.69. The summed E-state index contributed by atoms with van der Waals surface area (Å²) in [6.07, 6.45) is 2.92. The van der Waals surface area contributed by atoms with E-state index in [0.717, 1.165) is 23.2 Å². The first-order valence-corrected chi connectivity index (χ1v) is 7.48. The van der Waals surface area contributed by atoms with Gasteiger partial charge in [-0.3, -0.25) is 0 Å². The molecule has 0 saturated carbocycles. The van der Waals surface area contributed by atoms with Crippen LogP contribution in [0, 0.1) is 5.92 Å². The Kier molecular flexibility index (Phi) is 6.97. The van der Waals surface area contributed by atoms with Gasteiger partial charge >= 0.3 is 0 Å². The molecule has 0 aliphatic rings. The van der Waals surface area contributed by atoms with Crippen molar-refractivity contribution in [3.63, 3.8) is 0 Å². The highest BCUT2D eigenvalue weighted by Gasteiger charge is 2.29.